The molecule has 6 aromatic rings. The summed E-state index contributed by atoms with van der Waals surface area (Å²) in [6.45, 7) is 6.92. The van der Waals surface area contributed by atoms with Crippen LogP contribution in [0, 0.1) is 5.41 Å². The first-order chi connectivity index (χ1) is 38.1. The van der Waals surface area contributed by atoms with Crippen LogP contribution in [0.1, 0.15) is 163 Å². The van der Waals surface area contributed by atoms with Crippen LogP contribution in [0.4, 0.5) is 11.4 Å². The molecule has 3 aliphatic heterocycles. The fraction of sp³-hybridized carbons (Fsp3) is 0.441. The van der Waals surface area contributed by atoms with Gasteiger partial charge in [0.1, 0.15) is 17.5 Å². The molecule has 11 rings (SSSR count). The monoisotopic (exact) mass is 1050 g/mol. The standard InChI is InChI=1S/C68H80N4O6/c73-55-28-30-58-52(45-55)23-29-56(48-15-4-1-5-16-48)63(58)50-19-24-54(25-20-50)71-42-12-35-68(36-13-43-71)37-14-44-72(47-68)66(67(77)78)65-60-32-31-57(49-17-6-2-7-18-49)64(59(60)33-34-61(65)74)51-21-26-53(27-22-51)70-40-9-3-8-38-69(46-62(75)76)39-10-11-41-70/h1-2,4-7,15-22,24-28,30,33-34,45,56-57,63-64,66,73-74H,3,8-14,23,29,31-32,35-44,46-47H2,(H,75,76)(H,77,78)/t56-,57-,63+,64+,66?/m1/s1. The maximum atomic E-state index is 13.9. The predicted molar refractivity (Wildman–Crippen MR) is 311 cm³/mol. The number of rotatable bonds is 11. The van der Waals surface area contributed by atoms with Gasteiger partial charge in [0.15, 0.2) is 0 Å². The molecule has 0 amide bonds. The zero-order chi connectivity index (χ0) is 53.6. The molecule has 5 aliphatic rings. The summed E-state index contributed by atoms with van der Waals surface area (Å²) >= 11 is 0. The van der Waals surface area contributed by atoms with Gasteiger partial charge in [0.2, 0.25) is 0 Å². The first-order valence-corrected chi connectivity index (χ1v) is 29.5. The van der Waals surface area contributed by atoms with E-state index in [9.17, 15) is 30.0 Å². The summed E-state index contributed by atoms with van der Waals surface area (Å²) in [6.07, 6.45) is 14.7. The van der Waals surface area contributed by atoms with Gasteiger partial charge < -0.3 is 30.2 Å². The zero-order valence-electron chi connectivity index (χ0n) is 45.5. The molecule has 4 N–H and O–H groups in total. The van der Waals surface area contributed by atoms with E-state index in [0.717, 1.165) is 140 Å². The molecule has 3 heterocycles. The first kappa shape index (κ1) is 53.4. The van der Waals surface area contributed by atoms with Crippen LogP contribution in [0.15, 0.2) is 140 Å². The van der Waals surface area contributed by atoms with E-state index in [4.69, 9.17) is 0 Å². The fourth-order valence-corrected chi connectivity index (χ4v) is 15.2. The Hall–Kier alpha value is -6.62. The van der Waals surface area contributed by atoms with Crippen LogP contribution in [0.5, 0.6) is 11.5 Å². The highest BCUT2D eigenvalue weighted by Gasteiger charge is 2.44. The van der Waals surface area contributed by atoms with Crippen LogP contribution in [-0.2, 0) is 22.4 Å². The van der Waals surface area contributed by atoms with Crippen LogP contribution in [0.25, 0.3) is 0 Å². The van der Waals surface area contributed by atoms with E-state index < -0.39 is 18.0 Å². The third kappa shape index (κ3) is 11.7. The summed E-state index contributed by atoms with van der Waals surface area (Å²) in [5, 5.41) is 43.2. The highest BCUT2D eigenvalue weighted by molar-refractivity contribution is 5.78. The van der Waals surface area contributed by atoms with Gasteiger partial charge >= 0.3 is 11.9 Å². The summed E-state index contributed by atoms with van der Waals surface area (Å²) in [7, 11) is 0. The van der Waals surface area contributed by atoms with Crippen molar-refractivity contribution in [1.29, 1.82) is 0 Å². The number of phenols is 2. The van der Waals surface area contributed by atoms with Crippen LogP contribution >= 0.6 is 0 Å². The predicted octanol–water partition coefficient (Wildman–Crippen LogP) is 13.3. The largest absolute Gasteiger partial charge is 0.508 e. The smallest absolute Gasteiger partial charge is 0.325 e. The lowest BCUT2D eigenvalue weighted by molar-refractivity contribution is -0.145. The number of benzene rings is 6. The van der Waals surface area contributed by atoms with E-state index in [-0.39, 0.29) is 35.5 Å². The average Bonchev–Trinajstić information content (AvgIpc) is 3.60. The number of hydrogen-bond donors (Lipinski definition) is 4. The zero-order valence-corrected chi connectivity index (χ0v) is 45.5. The van der Waals surface area contributed by atoms with E-state index in [1.165, 1.54) is 44.8 Å². The van der Waals surface area contributed by atoms with E-state index in [0.29, 0.717) is 36.7 Å². The van der Waals surface area contributed by atoms with E-state index in [1.54, 1.807) is 6.07 Å². The number of piperidine rings is 1. The molecule has 10 heteroatoms. The molecule has 1 unspecified atom stereocenters. The van der Waals surface area contributed by atoms with Gasteiger partial charge in [-0.05, 0) is 214 Å². The van der Waals surface area contributed by atoms with Crippen molar-refractivity contribution in [3.63, 3.8) is 0 Å². The van der Waals surface area contributed by atoms with Crippen molar-refractivity contribution in [2.75, 3.05) is 68.7 Å². The molecule has 1 spiro atoms. The van der Waals surface area contributed by atoms with Crippen molar-refractivity contribution in [1.82, 2.24) is 9.80 Å². The van der Waals surface area contributed by atoms with Crippen molar-refractivity contribution in [2.45, 2.75) is 126 Å². The highest BCUT2D eigenvalue weighted by atomic mass is 16.4. The number of aromatic hydroxyl groups is 2. The molecule has 0 radical (unpaired) electrons. The van der Waals surface area contributed by atoms with Gasteiger partial charge in [-0.25, -0.2) is 0 Å². The molecule has 0 saturated carbocycles. The van der Waals surface area contributed by atoms with Gasteiger partial charge in [0.05, 0.1) is 6.54 Å². The highest BCUT2D eigenvalue weighted by Crippen LogP contribution is 2.52. The summed E-state index contributed by atoms with van der Waals surface area (Å²) in [4.78, 5) is 34.8. The number of phenolic OH excluding ortho intramolecular Hbond substituents is 2. The number of nitrogens with zero attached hydrogens (tertiary/aromatic N) is 4. The van der Waals surface area contributed by atoms with Gasteiger partial charge in [0.25, 0.3) is 0 Å². The molecule has 6 aromatic carbocycles. The van der Waals surface area contributed by atoms with Crippen molar-refractivity contribution in [3.05, 3.63) is 190 Å². The maximum absolute atomic E-state index is 13.9. The number of carbonyl (C=O) groups is 2. The molecule has 0 aromatic heterocycles. The fourth-order valence-electron chi connectivity index (χ4n) is 15.2. The molecular formula is C68H80N4O6. The minimum absolute atomic E-state index is 0.00900. The number of carboxylic acid groups (broad SMARTS) is 2. The van der Waals surface area contributed by atoms with Gasteiger partial charge in [-0.2, -0.15) is 0 Å². The molecule has 3 saturated heterocycles. The number of fused-ring (bicyclic) bond motifs is 2. The SMILES string of the molecule is O=C(O)CN1CCCCCN(c2ccc([C@@H]3c4ccc(O)c(C(C(=O)O)N5CCCC6(CCCN(c7ccc([C@@H]8c9ccc(O)cc9CC[C@@H]8c8ccccc8)cc7)CCC6)C5)c4CC[C@@H]3c3ccccc3)cc2)CCCC1. The second-order valence-electron chi connectivity index (χ2n) is 23.6. The van der Waals surface area contributed by atoms with Gasteiger partial charge in [-0.1, -0.05) is 103 Å². The quantitative estimate of drug-likeness (QED) is 0.0996. The molecular weight excluding hydrogens is 969 g/mol. The van der Waals surface area contributed by atoms with Crippen LogP contribution < -0.4 is 9.80 Å². The molecule has 0 bridgehead atoms. The van der Waals surface area contributed by atoms with Crippen molar-refractivity contribution in [3.8, 4) is 11.5 Å². The van der Waals surface area contributed by atoms with Gasteiger partial charge in [-0.3, -0.25) is 19.4 Å². The average molecular weight is 1050 g/mol. The van der Waals surface area contributed by atoms with E-state index in [2.05, 4.69) is 141 Å². The molecule has 408 valence electrons. The Morgan fingerprint density at radius 2 is 1.04 bits per heavy atom. The Labute approximate surface area is 462 Å². The Bertz CT molecular complexity index is 2970. The minimum Gasteiger partial charge on any atom is -0.508 e. The summed E-state index contributed by atoms with van der Waals surface area (Å²) in [5.74, 6) is -0.509. The Balaban J connectivity index is 0.806. The summed E-state index contributed by atoms with van der Waals surface area (Å²) < 4.78 is 0. The molecule has 5 atom stereocenters. The van der Waals surface area contributed by atoms with Crippen LogP contribution in [-0.4, -0.2) is 101 Å². The van der Waals surface area contributed by atoms with E-state index in [1.807, 2.05) is 12.1 Å². The molecule has 2 aliphatic carbocycles. The lowest BCUT2D eigenvalue weighted by Crippen LogP contribution is -2.48. The van der Waals surface area contributed by atoms with Crippen LogP contribution in [0.2, 0.25) is 0 Å². The maximum Gasteiger partial charge on any atom is 0.325 e. The number of hydrogen-bond acceptors (Lipinski definition) is 8. The van der Waals surface area contributed by atoms with E-state index >= 15 is 0 Å². The topological polar surface area (TPSA) is 128 Å². The number of aliphatic carboxylic acids is 2. The number of carboxylic acids is 2. The number of likely N-dealkylation sites (tertiary alicyclic amines) is 1. The third-order valence-corrected chi connectivity index (χ3v) is 18.8. The van der Waals surface area contributed by atoms with Gasteiger partial charge in [0, 0.05) is 61.5 Å². The molecule has 10 nitrogen and oxygen atoms in total. The summed E-state index contributed by atoms with van der Waals surface area (Å²) in [6, 6.07) is 48.9. The van der Waals surface area contributed by atoms with Crippen molar-refractivity contribution in [2.24, 2.45) is 5.41 Å². The number of anilines is 2. The second kappa shape index (κ2) is 24.2. The lowest BCUT2D eigenvalue weighted by atomic mass is 9.67. The van der Waals surface area contributed by atoms with Crippen LogP contribution in [0.3, 0.4) is 0 Å². The Morgan fingerprint density at radius 3 is 1.63 bits per heavy atom. The van der Waals surface area contributed by atoms with Crippen molar-refractivity contribution >= 4 is 23.3 Å². The minimum atomic E-state index is -0.946. The first-order valence-electron chi connectivity index (χ1n) is 29.5. The summed E-state index contributed by atoms with van der Waals surface area (Å²) in [5.41, 5.74) is 12.8. The molecule has 78 heavy (non-hydrogen) atoms. The number of aryl methyl sites for hydroxylation is 1. The second-order valence-corrected chi connectivity index (χ2v) is 23.6. The Morgan fingerprint density at radius 1 is 0.526 bits per heavy atom. The lowest BCUT2D eigenvalue weighted by Gasteiger charge is -2.47. The molecule has 3 fully saturated rings. The van der Waals surface area contributed by atoms with Gasteiger partial charge in [-0.15, -0.1) is 0 Å². The van der Waals surface area contributed by atoms with Crippen molar-refractivity contribution < 1.29 is 30.0 Å². The Kier molecular flexibility index (Phi) is 16.5. The normalized spacial score (nSPS) is 23.0. The third-order valence-electron chi connectivity index (χ3n) is 18.8.